The Bertz CT molecular complexity index is 479. The van der Waals surface area contributed by atoms with Gasteiger partial charge in [-0.3, -0.25) is 9.59 Å². The summed E-state index contributed by atoms with van der Waals surface area (Å²) in [7, 11) is 0. The van der Waals surface area contributed by atoms with Crippen molar-refractivity contribution in [2.24, 2.45) is 0 Å². The number of nitrogens with one attached hydrogen (secondary N) is 2. The maximum atomic E-state index is 13.2. The van der Waals surface area contributed by atoms with Crippen molar-refractivity contribution in [3.8, 4) is 0 Å². The Hall–Kier alpha value is -2.05. The molecule has 1 unspecified atom stereocenters. The highest BCUT2D eigenvalue weighted by molar-refractivity contribution is 5.95. The summed E-state index contributed by atoms with van der Waals surface area (Å²) >= 11 is 0. The topological polar surface area (TPSA) is 71.1 Å². The largest absolute Gasteiger partial charge is 0.354 e. The molecule has 7 heteroatoms. The van der Waals surface area contributed by atoms with Crippen LogP contribution in [-0.4, -0.2) is 29.4 Å². The Morgan fingerprint density at radius 2 is 2.29 bits per heavy atom. The molecule has 90 valence electrons. The minimum Gasteiger partial charge on any atom is -0.354 e. The van der Waals surface area contributed by atoms with E-state index in [0.29, 0.717) is 6.54 Å². The molecule has 2 heterocycles. The van der Waals surface area contributed by atoms with Gasteiger partial charge in [-0.2, -0.15) is 4.39 Å². The Kier molecular flexibility index (Phi) is 2.99. The summed E-state index contributed by atoms with van der Waals surface area (Å²) < 4.78 is 26.0. The van der Waals surface area contributed by atoms with E-state index in [1.54, 1.807) is 0 Å². The average Bonchev–Trinajstić information content (AvgIpc) is 2.68. The first-order valence-electron chi connectivity index (χ1n) is 4.95. The smallest absolute Gasteiger partial charge is 0.254 e. The van der Waals surface area contributed by atoms with Gasteiger partial charge in [-0.25, -0.2) is 9.37 Å². The fourth-order valence-electron chi connectivity index (χ4n) is 1.56. The quantitative estimate of drug-likeness (QED) is 0.715. The van der Waals surface area contributed by atoms with Crippen LogP contribution in [0.4, 0.5) is 8.78 Å². The molecule has 1 fully saturated rings. The van der Waals surface area contributed by atoms with Gasteiger partial charge in [0.2, 0.25) is 11.9 Å². The zero-order chi connectivity index (χ0) is 12.4. The third kappa shape index (κ3) is 2.38. The van der Waals surface area contributed by atoms with E-state index in [0.717, 1.165) is 12.3 Å². The number of amides is 2. The zero-order valence-electron chi connectivity index (χ0n) is 8.67. The Morgan fingerprint density at radius 3 is 2.94 bits per heavy atom. The first kappa shape index (κ1) is 11.4. The van der Waals surface area contributed by atoms with E-state index in [4.69, 9.17) is 0 Å². The van der Waals surface area contributed by atoms with Crippen LogP contribution in [0.25, 0.3) is 0 Å². The van der Waals surface area contributed by atoms with Crippen molar-refractivity contribution in [2.75, 3.05) is 6.54 Å². The van der Waals surface area contributed by atoms with Gasteiger partial charge in [0, 0.05) is 19.2 Å². The summed E-state index contributed by atoms with van der Waals surface area (Å²) in [5, 5.41) is 4.96. The molecule has 1 aromatic heterocycles. The van der Waals surface area contributed by atoms with E-state index in [2.05, 4.69) is 15.6 Å². The summed E-state index contributed by atoms with van der Waals surface area (Å²) in [4.78, 5) is 25.6. The van der Waals surface area contributed by atoms with Crippen LogP contribution in [0.3, 0.4) is 0 Å². The molecule has 0 radical (unpaired) electrons. The maximum Gasteiger partial charge on any atom is 0.254 e. The van der Waals surface area contributed by atoms with Gasteiger partial charge in [0.1, 0.15) is 0 Å². The first-order chi connectivity index (χ1) is 8.08. The molecular weight excluding hydrogens is 232 g/mol. The molecule has 2 rings (SSSR count). The van der Waals surface area contributed by atoms with E-state index in [9.17, 15) is 18.4 Å². The van der Waals surface area contributed by atoms with Gasteiger partial charge in [0.25, 0.3) is 5.91 Å². The molecular formula is C10H9F2N3O2. The van der Waals surface area contributed by atoms with Crippen molar-refractivity contribution >= 4 is 11.8 Å². The van der Waals surface area contributed by atoms with Gasteiger partial charge in [0.15, 0.2) is 5.82 Å². The summed E-state index contributed by atoms with van der Waals surface area (Å²) in [6, 6.07) is 0.684. The monoisotopic (exact) mass is 241 g/mol. The van der Waals surface area contributed by atoms with Crippen molar-refractivity contribution < 1.29 is 18.4 Å². The molecule has 1 saturated heterocycles. The summed E-state index contributed by atoms with van der Waals surface area (Å²) in [6.45, 7) is 0.291. The summed E-state index contributed by atoms with van der Waals surface area (Å²) in [5.74, 6) is -3.55. The molecule has 1 aliphatic rings. The van der Waals surface area contributed by atoms with Crippen molar-refractivity contribution in [2.45, 2.75) is 12.5 Å². The molecule has 0 bridgehead atoms. The van der Waals surface area contributed by atoms with Crippen molar-refractivity contribution in [1.82, 2.24) is 15.6 Å². The standard InChI is InChI=1S/C10H9F2N3O2/c11-8-6(1-2-13-9(8)12)10(17)15-5-3-7(16)14-4-5/h1-2,5H,3-4H2,(H,14,16)(H,15,17). The van der Waals surface area contributed by atoms with E-state index in [1.807, 2.05) is 0 Å². The highest BCUT2D eigenvalue weighted by atomic mass is 19.2. The van der Waals surface area contributed by atoms with E-state index in [1.165, 1.54) is 0 Å². The van der Waals surface area contributed by atoms with Crippen LogP contribution in [0, 0.1) is 11.8 Å². The molecule has 0 aromatic carbocycles. The summed E-state index contributed by atoms with van der Waals surface area (Å²) in [6.07, 6.45) is 1.15. The highest BCUT2D eigenvalue weighted by Gasteiger charge is 2.25. The molecule has 1 aliphatic heterocycles. The average molecular weight is 241 g/mol. The SMILES string of the molecule is O=C1CC(NC(=O)c2ccnc(F)c2F)CN1. The first-order valence-corrected chi connectivity index (χ1v) is 4.95. The Morgan fingerprint density at radius 1 is 1.53 bits per heavy atom. The lowest BCUT2D eigenvalue weighted by molar-refractivity contribution is -0.119. The Labute approximate surface area is 95.2 Å². The third-order valence-electron chi connectivity index (χ3n) is 2.40. The molecule has 17 heavy (non-hydrogen) atoms. The van der Waals surface area contributed by atoms with Crippen LogP contribution in [0.1, 0.15) is 16.8 Å². The van der Waals surface area contributed by atoms with E-state index >= 15 is 0 Å². The number of hydrogen-bond donors (Lipinski definition) is 2. The third-order valence-corrected chi connectivity index (χ3v) is 2.40. The predicted molar refractivity (Wildman–Crippen MR) is 53.0 cm³/mol. The van der Waals surface area contributed by atoms with Gasteiger partial charge >= 0.3 is 0 Å². The lowest BCUT2D eigenvalue weighted by atomic mass is 10.2. The van der Waals surface area contributed by atoms with Crippen molar-refractivity contribution in [3.63, 3.8) is 0 Å². The number of aromatic nitrogens is 1. The molecule has 0 aliphatic carbocycles. The van der Waals surface area contributed by atoms with Gasteiger partial charge < -0.3 is 10.6 Å². The lowest BCUT2D eigenvalue weighted by Crippen LogP contribution is -2.36. The van der Waals surface area contributed by atoms with Crippen molar-refractivity contribution in [1.29, 1.82) is 0 Å². The van der Waals surface area contributed by atoms with Crippen molar-refractivity contribution in [3.05, 3.63) is 29.6 Å². The zero-order valence-corrected chi connectivity index (χ0v) is 8.67. The van der Waals surface area contributed by atoms with E-state index in [-0.39, 0.29) is 12.3 Å². The number of pyridine rings is 1. The second-order valence-corrected chi connectivity index (χ2v) is 3.64. The molecule has 5 nitrogen and oxygen atoms in total. The molecule has 0 spiro atoms. The maximum absolute atomic E-state index is 13.2. The predicted octanol–water partition coefficient (Wildman–Crippen LogP) is -0.0219. The number of nitrogens with zero attached hydrogens (tertiary/aromatic N) is 1. The highest BCUT2D eigenvalue weighted by Crippen LogP contribution is 2.10. The van der Waals surface area contributed by atoms with Crippen LogP contribution in [-0.2, 0) is 4.79 Å². The number of carbonyl (C=O) groups is 2. The second kappa shape index (κ2) is 4.44. The summed E-state index contributed by atoms with van der Waals surface area (Å²) in [5.41, 5.74) is -0.420. The molecule has 1 aromatic rings. The number of rotatable bonds is 2. The van der Waals surface area contributed by atoms with Gasteiger partial charge in [0.05, 0.1) is 11.6 Å². The van der Waals surface area contributed by atoms with Crippen LogP contribution < -0.4 is 10.6 Å². The van der Waals surface area contributed by atoms with Crippen LogP contribution >= 0.6 is 0 Å². The Balaban J connectivity index is 2.09. The number of halogens is 2. The second-order valence-electron chi connectivity index (χ2n) is 3.64. The minimum absolute atomic E-state index is 0.140. The van der Waals surface area contributed by atoms with Gasteiger partial charge in [-0.1, -0.05) is 0 Å². The van der Waals surface area contributed by atoms with Gasteiger partial charge in [-0.15, -0.1) is 0 Å². The lowest BCUT2D eigenvalue weighted by Gasteiger charge is -2.10. The molecule has 1 atom stereocenters. The molecule has 2 amide bonds. The fourth-order valence-corrected chi connectivity index (χ4v) is 1.56. The van der Waals surface area contributed by atoms with Gasteiger partial charge in [-0.05, 0) is 6.07 Å². The minimum atomic E-state index is -1.32. The van der Waals surface area contributed by atoms with Crippen LogP contribution in [0.5, 0.6) is 0 Å². The fraction of sp³-hybridized carbons (Fsp3) is 0.300. The number of carbonyl (C=O) groups excluding carboxylic acids is 2. The van der Waals surface area contributed by atoms with E-state index < -0.39 is 29.3 Å². The molecule has 2 N–H and O–H groups in total. The van der Waals surface area contributed by atoms with Crippen LogP contribution in [0.2, 0.25) is 0 Å². The molecule has 0 saturated carbocycles. The normalized spacial score (nSPS) is 18.9. The van der Waals surface area contributed by atoms with Crippen LogP contribution in [0.15, 0.2) is 12.3 Å². The number of hydrogen-bond acceptors (Lipinski definition) is 3.